The average molecular weight is 631 g/mol. The summed E-state index contributed by atoms with van der Waals surface area (Å²) in [6.45, 7) is 5.82. The summed E-state index contributed by atoms with van der Waals surface area (Å²) in [5, 5.41) is 7.41. The molecule has 1 saturated carbocycles. The van der Waals surface area contributed by atoms with E-state index < -0.39 is 52.9 Å². The fourth-order valence-corrected chi connectivity index (χ4v) is 5.02. The Labute approximate surface area is 247 Å². The van der Waals surface area contributed by atoms with Crippen LogP contribution in [0, 0.1) is 11.2 Å². The Balaban J connectivity index is 1.56. The van der Waals surface area contributed by atoms with Gasteiger partial charge in [0.25, 0.3) is 0 Å². The van der Waals surface area contributed by atoms with Crippen molar-refractivity contribution in [3.8, 4) is 5.75 Å². The Hall–Kier alpha value is -4.17. The number of benzene rings is 1. The van der Waals surface area contributed by atoms with Gasteiger partial charge in [0.1, 0.15) is 11.6 Å². The molecule has 1 aliphatic rings. The van der Waals surface area contributed by atoms with Gasteiger partial charge in [-0.2, -0.15) is 31.4 Å². The number of alkyl halides is 6. The van der Waals surface area contributed by atoms with Crippen LogP contribution in [0.2, 0.25) is 0 Å². The number of nitrogens with zero attached hydrogens (tertiary/aromatic N) is 3. The van der Waals surface area contributed by atoms with Crippen molar-refractivity contribution in [3.05, 3.63) is 65.7 Å². The lowest BCUT2D eigenvalue weighted by Crippen LogP contribution is -2.43. The fourth-order valence-electron chi connectivity index (χ4n) is 5.02. The molecule has 1 aliphatic carbocycles. The average Bonchev–Trinajstić information content (AvgIpc) is 3.39. The monoisotopic (exact) mass is 630 g/mol. The largest absolute Gasteiger partial charge is 0.491 e. The first-order valence-corrected chi connectivity index (χ1v) is 13.5. The molecule has 8 nitrogen and oxygen atoms in total. The zero-order valence-electron chi connectivity index (χ0n) is 23.9. The Morgan fingerprint density at radius 1 is 1.00 bits per heavy atom. The zero-order valence-corrected chi connectivity index (χ0v) is 23.9. The van der Waals surface area contributed by atoms with E-state index in [4.69, 9.17) is 4.74 Å². The van der Waals surface area contributed by atoms with Gasteiger partial charge >= 0.3 is 24.3 Å². The number of anilines is 2. The van der Waals surface area contributed by atoms with Gasteiger partial charge in [-0.05, 0) is 70.7 Å². The third-order valence-electron chi connectivity index (χ3n) is 7.16. The molecule has 3 aromatic rings. The minimum atomic E-state index is -5.42. The maximum atomic E-state index is 14.5. The summed E-state index contributed by atoms with van der Waals surface area (Å²) in [4.78, 5) is 29.2. The number of hydrogen-bond acceptors (Lipinski definition) is 7. The number of hydrogen-bond donors (Lipinski definition) is 1. The zero-order chi connectivity index (χ0) is 32.5. The first-order chi connectivity index (χ1) is 20.4. The molecule has 15 heteroatoms. The van der Waals surface area contributed by atoms with Gasteiger partial charge in [0.15, 0.2) is 11.6 Å². The normalized spacial score (nSPS) is 19.4. The molecule has 0 bridgehead atoms. The van der Waals surface area contributed by atoms with Gasteiger partial charge in [0.05, 0.1) is 28.8 Å². The van der Waals surface area contributed by atoms with Crippen molar-refractivity contribution < 1.29 is 49.8 Å². The molecule has 2 aromatic heterocycles. The van der Waals surface area contributed by atoms with Crippen molar-refractivity contribution in [2.24, 2.45) is 5.41 Å². The Morgan fingerprint density at radius 2 is 1.66 bits per heavy atom. The summed E-state index contributed by atoms with van der Waals surface area (Å²) >= 11 is 0. The molecule has 0 saturated heterocycles. The minimum absolute atomic E-state index is 0.0618. The lowest BCUT2D eigenvalue weighted by atomic mass is 9.70. The van der Waals surface area contributed by atoms with Crippen LogP contribution >= 0.6 is 0 Å². The topological polar surface area (TPSA) is 95.3 Å². The molecule has 1 fully saturated rings. The molecular formula is C29H29F7N4O4. The van der Waals surface area contributed by atoms with Gasteiger partial charge < -0.3 is 14.8 Å². The summed E-state index contributed by atoms with van der Waals surface area (Å²) in [7, 11) is 0. The highest BCUT2D eigenvalue weighted by atomic mass is 19.4. The van der Waals surface area contributed by atoms with Crippen molar-refractivity contribution in [2.45, 2.75) is 76.9 Å². The van der Waals surface area contributed by atoms with Crippen molar-refractivity contribution >= 4 is 23.6 Å². The second-order valence-electron chi connectivity index (χ2n) is 11.5. The van der Waals surface area contributed by atoms with Crippen molar-refractivity contribution in [2.75, 3.05) is 5.32 Å². The molecule has 0 radical (unpaired) electrons. The van der Waals surface area contributed by atoms with Crippen LogP contribution in [-0.4, -0.2) is 39.0 Å². The predicted molar refractivity (Wildman–Crippen MR) is 142 cm³/mol. The van der Waals surface area contributed by atoms with Crippen LogP contribution in [0.1, 0.15) is 57.7 Å². The molecule has 0 unspecified atom stereocenters. The van der Waals surface area contributed by atoms with E-state index in [1.54, 1.807) is 35.1 Å². The molecule has 238 valence electrons. The molecule has 44 heavy (non-hydrogen) atoms. The van der Waals surface area contributed by atoms with Gasteiger partial charge in [-0.1, -0.05) is 12.1 Å². The molecule has 4 rings (SSSR count). The lowest BCUT2D eigenvalue weighted by molar-refractivity contribution is -0.206. The molecule has 2 heterocycles. The van der Waals surface area contributed by atoms with Crippen molar-refractivity contribution in [1.82, 2.24) is 14.8 Å². The summed E-state index contributed by atoms with van der Waals surface area (Å²) in [6.07, 6.45) is -10.4. The maximum absolute atomic E-state index is 14.5. The Morgan fingerprint density at radius 3 is 2.27 bits per heavy atom. The number of carbonyl (C=O) groups is 2. The van der Waals surface area contributed by atoms with Gasteiger partial charge in [-0.25, -0.2) is 18.9 Å². The summed E-state index contributed by atoms with van der Waals surface area (Å²) in [5.41, 5.74) is -3.26. The van der Waals surface area contributed by atoms with Gasteiger partial charge in [-0.3, -0.25) is 4.79 Å². The Kier molecular flexibility index (Phi) is 8.99. The number of rotatable bonds is 7. The molecule has 0 spiro atoms. The number of aromatic nitrogens is 3. The Bertz CT molecular complexity index is 1500. The first-order valence-electron chi connectivity index (χ1n) is 13.5. The van der Waals surface area contributed by atoms with Gasteiger partial charge in [0, 0.05) is 18.2 Å². The van der Waals surface area contributed by atoms with E-state index in [1.807, 2.05) is 20.8 Å². The van der Waals surface area contributed by atoms with E-state index >= 15 is 0 Å². The quantitative estimate of drug-likeness (QED) is 0.169. The van der Waals surface area contributed by atoms with Crippen LogP contribution in [0.3, 0.4) is 0 Å². The van der Waals surface area contributed by atoms with Crippen LogP contribution in [0.15, 0.2) is 48.7 Å². The number of halogens is 7. The van der Waals surface area contributed by atoms with E-state index in [9.17, 15) is 40.3 Å². The number of nitrogens with one attached hydrogen (secondary N) is 1. The molecule has 1 aromatic carbocycles. The smallest absolute Gasteiger partial charge is 0.487 e. The highest BCUT2D eigenvalue weighted by molar-refractivity contribution is 5.91. The van der Waals surface area contributed by atoms with Crippen LogP contribution < -0.4 is 10.1 Å². The standard InChI is InChI=1S/C29H29F7N4O4/c1-26(2,3)40-22(12-15-37-40)39-21-9-4-6-17(38-21)16-27(24(41)44-25(42)29(34,35)36)13-10-18(11-14-27)43-20-8-5-7-19(23(20)30)28(31,32)33/h4-9,12,15,18H,10-11,13-14,16H2,1-3H3,(H,38,39). The van der Waals surface area contributed by atoms with Crippen molar-refractivity contribution in [1.29, 1.82) is 0 Å². The SMILES string of the molecule is CC(C)(C)n1nccc1Nc1cccc(CC2(C(=O)OC(=O)C(F)(F)F)CCC(Oc3cccc(C(F)(F)F)c3F)CC2)n1. The summed E-state index contributed by atoms with van der Waals surface area (Å²) < 4.78 is 104. The number of esters is 2. The van der Waals surface area contributed by atoms with Crippen LogP contribution in [0.25, 0.3) is 0 Å². The fraction of sp³-hybridized carbons (Fsp3) is 0.448. The highest BCUT2D eigenvalue weighted by Gasteiger charge is 2.49. The molecule has 0 amide bonds. The van der Waals surface area contributed by atoms with E-state index in [2.05, 4.69) is 20.1 Å². The molecule has 1 N–H and O–H groups in total. The number of carbonyl (C=O) groups excluding carboxylic acids is 2. The molecule has 0 atom stereocenters. The number of pyridine rings is 1. The first kappa shape index (κ1) is 32.7. The lowest BCUT2D eigenvalue weighted by Gasteiger charge is -2.37. The predicted octanol–water partition coefficient (Wildman–Crippen LogP) is 7.12. The van der Waals surface area contributed by atoms with E-state index in [0.717, 1.165) is 12.1 Å². The maximum Gasteiger partial charge on any atom is 0.491 e. The van der Waals surface area contributed by atoms with Gasteiger partial charge in [-0.15, -0.1) is 0 Å². The highest BCUT2D eigenvalue weighted by Crippen LogP contribution is 2.43. The van der Waals surface area contributed by atoms with Crippen LogP contribution in [-0.2, 0) is 32.5 Å². The van der Waals surface area contributed by atoms with Crippen LogP contribution in [0.5, 0.6) is 5.75 Å². The third kappa shape index (κ3) is 7.48. The molecule has 0 aliphatic heterocycles. The second kappa shape index (κ2) is 12.1. The van der Waals surface area contributed by atoms with Crippen LogP contribution in [0.4, 0.5) is 42.4 Å². The summed E-state index contributed by atoms with van der Waals surface area (Å²) in [6, 6.07) is 9.09. The van der Waals surface area contributed by atoms with E-state index in [-0.39, 0.29) is 43.3 Å². The molecular weight excluding hydrogens is 601 g/mol. The third-order valence-corrected chi connectivity index (χ3v) is 7.16. The van der Waals surface area contributed by atoms with E-state index in [0.29, 0.717) is 17.7 Å². The number of ether oxygens (including phenoxy) is 2. The summed E-state index contributed by atoms with van der Waals surface area (Å²) in [5.74, 6) is -5.40. The van der Waals surface area contributed by atoms with Gasteiger partial charge in [0.2, 0.25) is 0 Å². The second-order valence-corrected chi connectivity index (χ2v) is 11.5. The van der Waals surface area contributed by atoms with E-state index in [1.165, 1.54) is 0 Å². The minimum Gasteiger partial charge on any atom is -0.487 e. The van der Waals surface area contributed by atoms with Crippen molar-refractivity contribution in [3.63, 3.8) is 0 Å².